The maximum atomic E-state index is 14.0. The van der Waals surface area contributed by atoms with E-state index in [9.17, 15) is 19.2 Å². The quantitative estimate of drug-likeness (QED) is 0.401. The zero-order chi connectivity index (χ0) is 28.5. The number of unbranched alkanes of at least 4 members (excludes halogenated alkanes) is 1. The molecule has 0 saturated carbocycles. The Labute approximate surface area is 225 Å². The van der Waals surface area contributed by atoms with Gasteiger partial charge in [0.15, 0.2) is 0 Å². The molecule has 2 aromatic rings. The molecule has 2 unspecified atom stereocenters. The third kappa shape index (κ3) is 9.21. The highest BCUT2D eigenvalue weighted by molar-refractivity contribution is 6.00. The number of para-hydroxylation sites is 1. The summed E-state index contributed by atoms with van der Waals surface area (Å²) < 4.78 is 5.31. The molecule has 2 atom stereocenters. The van der Waals surface area contributed by atoms with Crippen molar-refractivity contribution in [1.29, 1.82) is 0 Å². The van der Waals surface area contributed by atoms with Gasteiger partial charge in [0.1, 0.15) is 17.7 Å². The monoisotopic (exact) mass is 524 g/mol. The van der Waals surface area contributed by atoms with Crippen molar-refractivity contribution >= 4 is 29.5 Å². The molecule has 0 bridgehead atoms. The number of ether oxygens (including phenoxy) is 1. The predicted octanol–water partition coefficient (Wildman–Crippen LogP) is 4.38. The molecule has 4 N–H and O–H groups in total. The van der Waals surface area contributed by atoms with Gasteiger partial charge in [0.25, 0.3) is 5.91 Å². The van der Waals surface area contributed by atoms with E-state index < -0.39 is 47.9 Å². The van der Waals surface area contributed by atoms with Crippen molar-refractivity contribution in [2.75, 3.05) is 11.9 Å². The molecule has 0 spiro atoms. The Morgan fingerprint density at radius 2 is 1.71 bits per heavy atom. The molecular formula is C29H40N4O5. The maximum absolute atomic E-state index is 14.0. The van der Waals surface area contributed by atoms with Crippen LogP contribution >= 0.6 is 0 Å². The summed E-state index contributed by atoms with van der Waals surface area (Å²) in [5.74, 6) is -1.79. The van der Waals surface area contributed by atoms with E-state index in [1.807, 2.05) is 57.2 Å². The van der Waals surface area contributed by atoms with Crippen molar-refractivity contribution in [1.82, 2.24) is 10.2 Å². The largest absolute Gasteiger partial charge is 0.444 e. The van der Waals surface area contributed by atoms with Gasteiger partial charge in [-0.1, -0.05) is 61.4 Å². The van der Waals surface area contributed by atoms with E-state index in [1.165, 1.54) is 4.90 Å². The highest BCUT2D eigenvalue weighted by Gasteiger charge is 2.37. The number of anilines is 1. The summed E-state index contributed by atoms with van der Waals surface area (Å²) in [6.45, 7) is 11.0. The summed E-state index contributed by atoms with van der Waals surface area (Å²) in [5.41, 5.74) is 7.64. The van der Waals surface area contributed by atoms with Crippen molar-refractivity contribution in [2.45, 2.75) is 78.5 Å². The Morgan fingerprint density at radius 1 is 1.03 bits per heavy atom. The molecule has 9 nitrogen and oxygen atoms in total. The van der Waals surface area contributed by atoms with Gasteiger partial charge in [0, 0.05) is 12.2 Å². The van der Waals surface area contributed by atoms with E-state index in [0.717, 1.165) is 17.5 Å². The first-order valence-corrected chi connectivity index (χ1v) is 12.8. The lowest BCUT2D eigenvalue weighted by atomic mass is 9.99. The SMILES string of the molecule is CCCCN(C(=O)C(CC(N)=O)NC(=O)OC(C)(C)C)C(C(=O)Nc1ccccc1C)c1cccc(C)c1. The fourth-order valence-corrected chi connectivity index (χ4v) is 3.97. The van der Waals surface area contributed by atoms with Gasteiger partial charge < -0.3 is 26.0 Å². The molecule has 4 amide bonds. The van der Waals surface area contributed by atoms with Gasteiger partial charge in [0.05, 0.1) is 6.42 Å². The zero-order valence-electron chi connectivity index (χ0n) is 23.2. The molecule has 0 radical (unpaired) electrons. The highest BCUT2D eigenvalue weighted by atomic mass is 16.6. The van der Waals surface area contributed by atoms with Gasteiger partial charge in [-0.25, -0.2) is 4.79 Å². The first-order chi connectivity index (χ1) is 17.8. The number of alkyl carbamates (subject to hydrolysis) is 1. The van der Waals surface area contributed by atoms with Crippen LogP contribution < -0.4 is 16.4 Å². The molecular weight excluding hydrogens is 484 g/mol. The average Bonchev–Trinajstić information content (AvgIpc) is 2.80. The van der Waals surface area contributed by atoms with Crippen LogP contribution in [-0.4, -0.2) is 46.9 Å². The standard InChI is InChI=1S/C29H40N4O5/c1-7-8-16-33(27(36)23(18-24(30)34)32-28(37)38-29(4,5)6)25(21-14-11-12-19(2)17-21)26(35)31-22-15-10-9-13-20(22)3/h9-15,17,23,25H,7-8,16,18H2,1-6H3,(H2,30,34)(H,31,35)(H,32,37). The van der Waals surface area contributed by atoms with Crippen LogP contribution in [0.4, 0.5) is 10.5 Å². The molecule has 0 aliphatic carbocycles. The molecule has 206 valence electrons. The van der Waals surface area contributed by atoms with Gasteiger partial charge in [-0.2, -0.15) is 0 Å². The number of carbonyl (C=O) groups excluding carboxylic acids is 4. The fourth-order valence-electron chi connectivity index (χ4n) is 3.97. The van der Waals surface area contributed by atoms with E-state index in [0.29, 0.717) is 17.7 Å². The van der Waals surface area contributed by atoms with Crippen LogP contribution in [-0.2, 0) is 19.1 Å². The number of nitrogens with zero attached hydrogens (tertiary/aromatic N) is 1. The van der Waals surface area contributed by atoms with Crippen molar-refractivity contribution < 1.29 is 23.9 Å². The van der Waals surface area contributed by atoms with E-state index in [1.54, 1.807) is 32.9 Å². The Bertz CT molecular complexity index is 1140. The van der Waals surface area contributed by atoms with Crippen LogP contribution in [0.3, 0.4) is 0 Å². The maximum Gasteiger partial charge on any atom is 0.408 e. The number of amides is 4. The molecule has 2 aromatic carbocycles. The van der Waals surface area contributed by atoms with E-state index in [-0.39, 0.29) is 6.54 Å². The van der Waals surface area contributed by atoms with Gasteiger partial charge in [-0.15, -0.1) is 0 Å². The summed E-state index contributed by atoms with van der Waals surface area (Å²) in [7, 11) is 0. The van der Waals surface area contributed by atoms with Crippen LogP contribution in [0.25, 0.3) is 0 Å². The minimum Gasteiger partial charge on any atom is -0.444 e. The van der Waals surface area contributed by atoms with Crippen LogP contribution in [0.1, 0.15) is 69.7 Å². The second kappa shape index (κ2) is 13.6. The minimum absolute atomic E-state index is 0.223. The van der Waals surface area contributed by atoms with Gasteiger partial charge in [0.2, 0.25) is 11.8 Å². The third-order valence-electron chi connectivity index (χ3n) is 5.75. The topological polar surface area (TPSA) is 131 Å². The summed E-state index contributed by atoms with van der Waals surface area (Å²) in [4.78, 5) is 53.7. The average molecular weight is 525 g/mol. The third-order valence-corrected chi connectivity index (χ3v) is 5.75. The molecule has 0 heterocycles. The number of nitrogens with one attached hydrogen (secondary N) is 2. The molecule has 0 aliphatic heterocycles. The second-order valence-corrected chi connectivity index (χ2v) is 10.4. The van der Waals surface area contributed by atoms with Gasteiger partial charge >= 0.3 is 6.09 Å². The van der Waals surface area contributed by atoms with Crippen LogP contribution in [0, 0.1) is 13.8 Å². The Hall–Kier alpha value is -3.88. The first-order valence-electron chi connectivity index (χ1n) is 12.8. The molecule has 0 saturated heterocycles. The Balaban J connectivity index is 2.54. The molecule has 0 aromatic heterocycles. The van der Waals surface area contributed by atoms with Crippen molar-refractivity contribution in [3.63, 3.8) is 0 Å². The van der Waals surface area contributed by atoms with E-state index >= 15 is 0 Å². The molecule has 0 aliphatic rings. The molecule has 2 rings (SSSR count). The number of hydrogen-bond donors (Lipinski definition) is 3. The van der Waals surface area contributed by atoms with Crippen LogP contribution in [0.2, 0.25) is 0 Å². The molecule has 38 heavy (non-hydrogen) atoms. The number of carbonyl (C=O) groups is 4. The van der Waals surface area contributed by atoms with Crippen molar-refractivity contribution in [3.05, 3.63) is 65.2 Å². The lowest BCUT2D eigenvalue weighted by molar-refractivity contribution is -0.142. The van der Waals surface area contributed by atoms with E-state index in [4.69, 9.17) is 10.5 Å². The predicted molar refractivity (Wildman–Crippen MR) is 147 cm³/mol. The minimum atomic E-state index is -1.31. The van der Waals surface area contributed by atoms with Gasteiger partial charge in [-0.3, -0.25) is 14.4 Å². The number of rotatable bonds is 11. The Kier molecular flexibility index (Phi) is 10.9. The highest BCUT2D eigenvalue weighted by Crippen LogP contribution is 2.27. The zero-order valence-corrected chi connectivity index (χ0v) is 23.2. The number of hydrogen-bond acceptors (Lipinski definition) is 5. The van der Waals surface area contributed by atoms with Crippen LogP contribution in [0.15, 0.2) is 48.5 Å². The number of benzene rings is 2. The molecule has 9 heteroatoms. The number of nitrogens with two attached hydrogens (primary N) is 1. The number of primary amides is 1. The number of aryl methyl sites for hydroxylation is 2. The van der Waals surface area contributed by atoms with Crippen molar-refractivity contribution in [3.8, 4) is 0 Å². The second-order valence-electron chi connectivity index (χ2n) is 10.4. The lowest BCUT2D eigenvalue weighted by Gasteiger charge is -2.34. The summed E-state index contributed by atoms with van der Waals surface area (Å²) in [6, 6.07) is 12.4. The fraction of sp³-hybridized carbons (Fsp3) is 0.448. The lowest BCUT2D eigenvalue weighted by Crippen LogP contribution is -2.53. The molecule has 0 fully saturated rings. The summed E-state index contributed by atoms with van der Waals surface area (Å²) in [6.07, 6.45) is 0.0511. The van der Waals surface area contributed by atoms with Crippen LogP contribution in [0.5, 0.6) is 0 Å². The summed E-state index contributed by atoms with van der Waals surface area (Å²) in [5, 5.41) is 5.45. The summed E-state index contributed by atoms with van der Waals surface area (Å²) >= 11 is 0. The first kappa shape index (κ1) is 30.3. The van der Waals surface area contributed by atoms with Gasteiger partial charge in [-0.05, 0) is 58.2 Å². The Morgan fingerprint density at radius 3 is 2.29 bits per heavy atom. The smallest absolute Gasteiger partial charge is 0.408 e. The van der Waals surface area contributed by atoms with Crippen molar-refractivity contribution in [2.24, 2.45) is 5.73 Å². The van der Waals surface area contributed by atoms with E-state index in [2.05, 4.69) is 10.6 Å². The normalized spacial score (nSPS) is 12.7.